The fourth-order valence-corrected chi connectivity index (χ4v) is 3.11. The van der Waals surface area contributed by atoms with Crippen molar-refractivity contribution in [3.63, 3.8) is 0 Å². The number of carbonyl (C=O) groups is 2. The maximum atomic E-state index is 12.9. The molecule has 5 nitrogen and oxygen atoms in total. The lowest BCUT2D eigenvalue weighted by Gasteiger charge is -2.23. The fourth-order valence-electron chi connectivity index (χ4n) is 3.11. The van der Waals surface area contributed by atoms with Crippen LogP contribution in [-0.4, -0.2) is 29.9 Å². The number of benzene rings is 3. The van der Waals surface area contributed by atoms with E-state index >= 15 is 0 Å². The van der Waals surface area contributed by atoms with Crippen LogP contribution in [0.5, 0.6) is 5.75 Å². The summed E-state index contributed by atoms with van der Waals surface area (Å²) in [5, 5.41) is 2.71. The van der Waals surface area contributed by atoms with Gasteiger partial charge in [0.1, 0.15) is 5.75 Å². The van der Waals surface area contributed by atoms with Gasteiger partial charge in [0.2, 0.25) is 5.91 Å². The Bertz CT molecular complexity index is 958. The summed E-state index contributed by atoms with van der Waals surface area (Å²) in [6, 6.07) is 27.1. The highest BCUT2D eigenvalue weighted by Gasteiger charge is 2.15. The van der Waals surface area contributed by atoms with Crippen LogP contribution in [0.15, 0.2) is 84.9 Å². The highest BCUT2D eigenvalue weighted by Crippen LogP contribution is 2.17. The molecule has 154 valence electrons. The first-order chi connectivity index (χ1) is 14.6. The van der Waals surface area contributed by atoms with Crippen LogP contribution >= 0.6 is 0 Å². The Labute approximate surface area is 177 Å². The van der Waals surface area contributed by atoms with Crippen LogP contribution in [0.25, 0.3) is 0 Å². The topological polar surface area (TPSA) is 58.6 Å². The molecule has 1 N–H and O–H groups in total. The van der Waals surface area contributed by atoms with Gasteiger partial charge < -0.3 is 15.0 Å². The van der Waals surface area contributed by atoms with E-state index in [1.807, 2.05) is 53.4 Å². The third kappa shape index (κ3) is 6.78. The maximum Gasteiger partial charge on any atom is 0.260 e. The van der Waals surface area contributed by atoms with Gasteiger partial charge in [0.05, 0.1) is 0 Å². The van der Waals surface area contributed by atoms with Gasteiger partial charge in [0, 0.05) is 31.8 Å². The summed E-state index contributed by atoms with van der Waals surface area (Å²) < 4.78 is 5.72. The molecule has 0 fully saturated rings. The van der Waals surface area contributed by atoms with Crippen LogP contribution < -0.4 is 10.1 Å². The zero-order chi connectivity index (χ0) is 21.2. The minimum atomic E-state index is -0.154. The van der Waals surface area contributed by atoms with Crippen LogP contribution in [0.4, 0.5) is 5.69 Å². The molecule has 5 heteroatoms. The second-order valence-corrected chi connectivity index (χ2v) is 7.03. The zero-order valence-corrected chi connectivity index (χ0v) is 17.1. The molecule has 0 aliphatic rings. The minimum absolute atomic E-state index is 0.0643. The van der Waals surface area contributed by atoms with Gasteiger partial charge in [-0.25, -0.2) is 0 Å². The number of rotatable bonds is 9. The molecule has 0 radical (unpaired) electrons. The second kappa shape index (κ2) is 10.8. The molecule has 3 rings (SSSR count). The minimum Gasteiger partial charge on any atom is -0.484 e. The van der Waals surface area contributed by atoms with Crippen molar-refractivity contribution in [3.8, 4) is 5.75 Å². The van der Waals surface area contributed by atoms with Crippen molar-refractivity contribution in [1.82, 2.24) is 4.90 Å². The third-order valence-electron chi connectivity index (χ3n) is 4.60. The Morgan fingerprint density at radius 1 is 0.867 bits per heavy atom. The summed E-state index contributed by atoms with van der Waals surface area (Å²) in [4.78, 5) is 26.0. The molecular formula is C25H26N2O3. The Morgan fingerprint density at radius 3 is 2.20 bits per heavy atom. The van der Waals surface area contributed by atoms with Gasteiger partial charge in [-0.05, 0) is 29.7 Å². The van der Waals surface area contributed by atoms with Gasteiger partial charge >= 0.3 is 0 Å². The van der Waals surface area contributed by atoms with Crippen molar-refractivity contribution in [2.24, 2.45) is 0 Å². The van der Waals surface area contributed by atoms with Gasteiger partial charge in [-0.15, -0.1) is 0 Å². The summed E-state index contributed by atoms with van der Waals surface area (Å²) in [5.74, 6) is 0.301. The van der Waals surface area contributed by atoms with Gasteiger partial charge in [-0.1, -0.05) is 66.7 Å². The third-order valence-corrected chi connectivity index (χ3v) is 4.60. The quantitative estimate of drug-likeness (QED) is 0.581. The fraction of sp³-hybridized carbons (Fsp3) is 0.200. The molecule has 0 aliphatic heterocycles. The molecule has 30 heavy (non-hydrogen) atoms. The number of hydrogen-bond donors (Lipinski definition) is 1. The molecule has 3 aromatic rings. The van der Waals surface area contributed by atoms with E-state index in [1.54, 1.807) is 24.3 Å². The number of carbonyl (C=O) groups excluding carboxylic acids is 2. The van der Waals surface area contributed by atoms with Gasteiger partial charge in [-0.2, -0.15) is 0 Å². The lowest BCUT2D eigenvalue weighted by molar-refractivity contribution is -0.134. The summed E-state index contributed by atoms with van der Waals surface area (Å²) >= 11 is 0. The van der Waals surface area contributed by atoms with E-state index in [4.69, 9.17) is 4.74 Å². The van der Waals surface area contributed by atoms with E-state index in [9.17, 15) is 9.59 Å². The lowest BCUT2D eigenvalue weighted by atomic mass is 10.1. The predicted octanol–water partition coefficient (Wildman–Crippen LogP) is 4.30. The number of ether oxygens (including phenoxy) is 1. The number of hydrogen-bond acceptors (Lipinski definition) is 3. The van der Waals surface area contributed by atoms with Crippen LogP contribution in [0, 0.1) is 0 Å². The molecule has 0 atom stereocenters. The second-order valence-electron chi connectivity index (χ2n) is 7.03. The lowest BCUT2D eigenvalue weighted by Crippen LogP contribution is -2.36. The molecule has 0 heterocycles. The van der Waals surface area contributed by atoms with Gasteiger partial charge in [0.25, 0.3) is 5.91 Å². The Balaban J connectivity index is 1.64. The smallest absolute Gasteiger partial charge is 0.260 e. The van der Waals surface area contributed by atoms with Crippen molar-refractivity contribution in [2.45, 2.75) is 19.9 Å². The van der Waals surface area contributed by atoms with Gasteiger partial charge in [-0.3, -0.25) is 9.59 Å². The number of nitrogens with zero attached hydrogens (tertiary/aromatic N) is 1. The Kier molecular flexibility index (Phi) is 7.61. The van der Waals surface area contributed by atoms with E-state index in [0.717, 1.165) is 12.0 Å². The monoisotopic (exact) mass is 402 g/mol. The van der Waals surface area contributed by atoms with E-state index in [0.29, 0.717) is 24.5 Å². The molecule has 0 unspecified atom stereocenters. The summed E-state index contributed by atoms with van der Waals surface area (Å²) in [6.07, 6.45) is 0.775. The number of nitrogens with one attached hydrogen (secondary N) is 1. The Morgan fingerprint density at radius 2 is 1.53 bits per heavy atom. The maximum absolute atomic E-state index is 12.9. The van der Waals surface area contributed by atoms with Crippen molar-refractivity contribution in [2.75, 3.05) is 18.5 Å². The van der Waals surface area contributed by atoms with Crippen molar-refractivity contribution in [3.05, 3.63) is 96.1 Å². The van der Waals surface area contributed by atoms with Crippen LogP contribution in [-0.2, 0) is 22.6 Å². The first kappa shape index (κ1) is 21.1. The first-order valence-electron chi connectivity index (χ1n) is 9.96. The van der Waals surface area contributed by atoms with Crippen LogP contribution in [0.3, 0.4) is 0 Å². The number of anilines is 1. The molecule has 0 saturated heterocycles. The normalized spacial score (nSPS) is 10.3. The molecular weight excluding hydrogens is 376 g/mol. The van der Waals surface area contributed by atoms with Gasteiger partial charge in [0.15, 0.2) is 6.61 Å². The van der Waals surface area contributed by atoms with E-state index < -0.39 is 0 Å². The molecule has 0 spiro atoms. The SMILES string of the molecule is CC(=O)Nc1cccc(OCC(=O)N(CCc2ccccc2)Cc2ccccc2)c1. The van der Waals surface area contributed by atoms with E-state index in [1.165, 1.54) is 12.5 Å². The molecule has 0 bridgehead atoms. The average Bonchev–Trinajstić information content (AvgIpc) is 2.76. The first-order valence-corrected chi connectivity index (χ1v) is 9.96. The summed E-state index contributed by atoms with van der Waals surface area (Å²) in [5.41, 5.74) is 2.90. The summed E-state index contributed by atoms with van der Waals surface area (Å²) in [6.45, 7) is 2.52. The van der Waals surface area contributed by atoms with Crippen LogP contribution in [0.1, 0.15) is 18.1 Å². The largest absolute Gasteiger partial charge is 0.484 e. The standard InChI is InChI=1S/C25H26N2O3/c1-20(28)26-23-13-8-14-24(17-23)30-19-25(29)27(18-22-11-6-3-7-12-22)16-15-21-9-4-2-5-10-21/h2-14,17H,15-16,18-19H2,1H3,(H,26,28). The molecule has 3 aromatic carbocycles. The molecule has 2 amide bonds. The summed E-state index contributed by atoms with van der Waals surface area (Å²) in [7, 11) is 0. The molecule has 0 aliphatic carbocycles. The number of amides is 2. The highest BCUT2D eigenvalue weighted by atomic mass is 16.5. The highest BCUT2D eigenvalue weighted by molar-refractivity contribution is 5.88. The molecule has 0 aromatic heterocycles. The van der Waals surface area contributed by atoms with Crippen molar-refractivity contribution < 1.29 is 14.3 Å². The van der Waals surface area contributed by atoms with Crippen LogP contribution in [0.2, 0.25) is 0 Å². The molecule has 0 saturated carbocycles. The van der Waals surface area contributed by atoms with Crippen molar-refractivity contribution in [1.29, 1.82) is 0 Å². The Hall–Kier alpha value is -3.60. The van der Waals surface area contributed by atoms with Crippen molar-refractivity contribution >= 4 is 17.5 Å². The van der Waals surface area contributed by atoms with E-state index in [-0.39, 0.29) is 18.4 Å². The zero-order valence-electron chi connectivity index (χ0n) is 17.1. The predicted molar refractivity (Wildman–Crippen MR) is 118 cm³/mol. The van der Waals surface area contributed by atoms with E-state index in [2.05, 4.69) is 17.4 Å². The average molecular weight is 402 g/mol.